The van der Waals surface area contributed by atoms with Crippen LogP contribution in [0, 0.1) is 0 Å². The lowest BCUT2D eigenvalue weighted by atomic mass is 10.2. The van der Waals surface area contributed by atoms with Crippen molar-refractivity contribution in [2.45, 2.75) is 6.54 Å². The van der Waals surface area contributed by atoms with E-state index in [1.165, 1.54) is 4.80 Å². The van der Waals surface area contributed by atoms with Crippen molar-refractivity contribution in [2.24, 2.45) is 0 Å². The van der Waals surface area contributed by atoms with Gasteiger partial charge in [0.2, 0.25) is 17.6 Å². The molecular weight excluding hydrogens is 344 g/mol. The van der Waals surface area contributed by atoms with Crippen LogP contribution in [0.3, 0.4) is 0 Å². The molecule has 2 aromatic carbocycles. The molecule has 134 valence electrons. The first kappa shape index (κ1) is 16.6. The van der Waals surface area contributed by atoms with Crippen molar-refractivity contribution in [1.29, 1.82) is 0 Å². The van der Waals surface area contributed by atoms with E-state index in [2.05, 4.69) is 25.6 Å². The Morgan fingerprint density at radius 1 is 1.00 bits per heavy atom. The van der Waals surface area contributed by atoms with Crippen LogP contribution in [0.2, 0.25) is 0 Å². The van der Waals surface area contributed by atoms with Gasteiger partial charge in [-0.25, -0.2) is 0 Å². The van der Waals surface area contributed by atoms with Crippen molar-refractivity contribution in [2.75, 3.05) is 7.11 Å². The summed E-state index contributed by atoms with van der Waals surface area (Å²) in [4.78, 5) is 1.42. The van der Waals surface area contributed by atoms with Crippen molar-refractivity contribution in [3.05, 3.63) is 71.9 Å². The second-order valence-electron chi connectivity index (χ2n) is 5.65. The minimum absolute atomic E-state index is 0.250. The molecule has 0 saturated carbocycles. The summed E-state index contributed by atoms with van der Waals surface area (Å²) >= 11 is 0. The molecule has 0 bridgehead atoms. The fourth-order valence-corrected chi connectivity index (χ4v) is 2.44. The summed E-state index contributed by atoms with van der Waals surface area (Å²) in [6.07, 6.45) is 3.62. The number of hydrogen-bond acceptors (Lipinski definition) is 7. The smallest absolute Gasteiger partial charge is 0.240 e. The van der Waals surface area contributed by atoms with E-state index in [9.17, 15) is 0 Å². The number of benzene rings is 2. The van der Waals surface area contributed by atoms with Gasteiger partial charge < -0.3 is 9.15 Å². The van der Waals surface area contributed by atoms with E-state index in [1.807, 2.05) is 60.7 Å². The summed E-state index contributed by atoms with van der Waals surface area (Å²) in [6, 6.07) is 17.3. The molecule has 0 N–H and O–H groups in total. The van der Waals surface area contributed by atoms with Gasteiger partial charge in [-0.2, -0.15) is 4.80 Å². The zero-order valence-electron chi connectivity index (χ0n) is 14.6. The highest BCUT2D eigenvalue weighted by Gasteiger charge is 2.09. The first-order valence-corrected chi connectivity index (χ1v) is 8.28. The molecule has 0 atom stereocenters. The van der Waals surface area contributed by atoms with Crippen molar-refractivity contribution in [3.63, 3.8) is 0 Å². The summed E-state index contributed by atoms with van der Waals surface area (Å²) in [7, 11) is 1.63. The third-order valence-corrected chi connectivity index (χ3v) is 3.76. The van der Waals surface area contributed by atoms with Gasteiger partial charge in [-0.15, -0.1) is 20.4 Å². The van der Waals surface area contributed by atoms with Crippen molar-refractivity contribution in [3.8, 4) is 17.1 Å². The highest BCUT2D eigenvalue weighted by atomic mass is 16.5. The molecule has 0 amide bonds. The zero-order chi connectivity index (χ0) is 18.5. The third kappa shape index (κ3) is 4.06. The van der Waals surface area contributed by atoms with Crippen LogP contribution in [0.4, 0.5) is 0 Å². The highest BCUT2D eigenvalue weighted by Crippen LogP contribution is 2.15. The summed E-state index contributed by atoms with van der Waals surface area (Å²) in [5, 5.41) is 20.4. The standard InChI is InChI=1S/C19H16N6O2/c1-26-16-9-5-6-14(12-16)10-11-17-20-21-18(27-17)13-25-23-19(22-24-25)15-7-3-2-4-8-15/h2-12H,13H2,1H3/b11-10+. The average Bonchev–Trinajstić information content (AvgIpc) is 3.37. The van der Waals surface area contributed by atoms with E-state index in [0.717, 1.165) is 16.9 Å². The van der Waals surface area contributed by atoms with E-state index in [-0.39, 0.29) is 6.54 Å². The molecule has 27 heavy (non-hydrogen) atoms. The summed E-state index contributed by atoms with van der Waals surface area (Å²) in [5.74, 6) is 2.14. The molecule has 4 rings (SSSR count). The van der Waals surface area contributed by atoms with Gasteiger partial charge in [-0.05, 0) is 29.0 Å². The van der Waals surface area contributed by atoms with E-state index >= 15 is 0 Å². The second kappa shape index (κ2) is 7.61. The summed E-state index contributed by atoms with van der Waals surface area (Å²) in [6.45, 7) is 0.250. The Morgan fingerprint density at radius 2 is 1.89 bits per heavy atom. The monoisotopic (exact) mass is 360 g/mol. The maximum Gasteiger partial charge on any atom is 0.240 e. The van der Waals surface area contributed by atoms with Gasteiger partial charge in [-0.1, -0.05) is 42.5 Å². The van der Waals surface area contributed by atoms with Gasteiger partial charge >= 0.3 is 0 Å². The summed E-state index contributed by atoms with van der Waals surface area (Å²) < 4.78 is 10.8. The van der Waals surface area contributed by atoms with Crippen LogP contribution in [0.15, 0.2) is 59.0 Å². The molecule has 0 spiro atoms. The van der Waals surface area contributed by atoms with E-state index < -0.39 is 0 Å². The van der Waals surface area contributed by atoms with Gasteiger partial charge in [0.1, 0.15) is 12.3 Å². The maximum atomic E-state index is 5.61. The number of aromatic nitrogens is 6. The van der Waals surface area contributed by atoms with Gasteiger partial charge in [0.05, 0.1) is 7.11 Å². The van der Waals surface area contributed by atoms with E-state index in [4.69, 9.17) is 9.15 Å². The van der Waals surface area contributed by atoms with Gasteiger partial charge in [0.15, 0.2) is 0 Å². The third-order valence-electron chi connectivity index (χ3n) is 3.76. The molecule has 0 aliphatic carbocycles. The van der Waals surface area contributed by atoms with Crippen LogP contribution in [0.25, 0.3) is 23.5 Å². The molecule has 8 nitrogen and oxygen atoms in total. The maximum absolute atomic E-state index is 5.61. The van der Waals surface area contributed by atoms with Crippen LogP contribution in [0.5, 0.6) is 5.75 Å². The Morgan fingerprint density at radius 3 is 2.74 bits per heavy atom. The molecule has 0 unspecified atom stereocenters. The van der Waals surface area contributed by atoms with Crippen LogP contribution in [-0.4, -0.2) is 37.5 Å². The number of rotatable bonds is 6. The molecule has 2 aromatic heterocycles. The number of tetrazole rings is 1. The molecule has 4 aromatic rings. The number of methoxy groups -OCH3 is 1. The fourth-order valence-electron chi connectivity index (χ4n) is 2.44. The SMILES string of the molecule is COc1cccc(/C=C/c2nnc(Cn3nnc(-c4ccccc4)n3)o2)c1. The van der Waals surface area contributed by atoms with Crippen molar-refractivity contribution in [1.82, 2.24) is 30.4 Å². The Kier molecular flexibility index (Phi) is 4.69. The first-order valence-electron chi connectivity index (χ1n) is 8.28. The number of nitrogens with zero attached hydrogens (tertiary/aromatic N) is 6. The molecule has 0 radical (unpaired) electrons. The Labute approximate surface area is 155 Å². The molecule has 0 aliphatic rings. The predicted molar refractivity (Wildman–Crippen MR) is 98.6 cm³/mol. The molecule has 0 fully saturated rings. The highest BCUT2D eigenvalue weighted by molar-refractivity contribution is 5.66. The normalized spacial score (nSPS) is 11.1. The molecular formula is C19H16N6O2. The second-order valence-corrected chi connectivity index (χ2v) is 5.65. The van der Waals surface area contributed by atoms with Crippen molar-refractivity contribution < 1.29 is 9.15 Å². The van der Waals surface area contributed by atoms with Crippen LogP contribution < -0.4 is 4.74 Å². The Hall–Kier alpha value is -3.81. The van der Waals surface area contributed by atoms with Gasteiger partial charge in [0, 0.05) is 11.6 Å². The van der Waals surface area contributed by atoms with E-state index in [1.54, 1.807) is 13.2 Å². The topological polar surface area (TPSA) is 91.8 Å². The minimum Gasteiger partial charge on any atom is -0.497 e. The van der Waals surface area contributed by atoms with Gasteiger partial charge in [0.25, 0.3) is 0 Å². The van der Waals surface area contributed by atoms with Crippen LogP contribution in [0.1, 0.15) is 17.3 Å². The quantitative estimate of drug-likeness (QED) is 0.522. The molecule has 8 heteroatoms. The lowest BCUT2D eigenvalue weighted by molar-refractivity contribution is 0.414. The number of hydrogen-bond donors (Lipinski definition) is 0. The lowest BCUT2D eigenvalue weighted by Gasteiger charge is -1.99. The Balaban J connectivity index is 1.44. The Bertz CT molecular complexity index is 1050. The number of ether oxygens (including phenoxy) is 1. The average molecular weight is 360 g/mol. The lowest BCUT2D eigenvalue weighted by Crippen LogP contribution is -2.04. The predicted octanol–water partition coefficient (Wildman–Crippen LogP) is 2.95. The fraction of sp³-hybridized carbons (Fsp3) is 0.105. The first-order chi connectivity index (χ1) is 13.3. The van der Waals surface area contributed by atoms with Crippen molar-refractivity contribution >= 4 is 12.2 Å². The van der Waals surface area contributed by atoms with Crippen LogP contribution in [-0.2, 0) is 6.54 Å². The summed E-state index contributed by atoms with van der Waals surface area (Å²) in [5.41, 5.74) is 1.87. The van der Waals surface area contributed by atoms with Crippen LogP contribution >= 0.6 is 0 Å². The minimum atomic E-state index is 0.250. The largest absolute Gasteiger partial charge is 0.497 e. The molecule has 0 aliphatic heterocycles. The van der Waals surface area contributed by atoms with Gasteiger partial charge in [-0.3, -0.25) is 0 Å². The van der Waals surface area contributed by atoms with E-state index in [0.29, 0.717) is 17.6 Å². The molecule has 2 heterocycles. The molecule has 0 saturated heterocycles. The zero-order valence-corrected chi connectivity index (χ0v) is 14.6.